The highest BCUT2D eigenvalue weighted by atomic mass is 15.1. The third-order valence-electron chi connectivity index (χ3n) is 10.9. The van der Waals surface area contributed by atoms with Gasteiger partial charge in [0.15, 0.2) is 0 Å². The largest absolute Gasteiger partial charge is 0.356 e. The average Bonchev–Trinajstić information content (AvgIpc) is 3.32. The summed E-state index contributed by atoms with van der Waals surface area (Å²) in [6, 6.07) is 85.2. The van der Waals surface area contributed by atoms with E-state index >= 15 is 0 Å². The van der Waals surface area contributed by atoms with Gasteiger partial charge in [0.25, 0.3) is 0 Å². The molecular formula is C56H43N5. The van der Waals surface area contributed by atoms with Gasteiger partial charge in [0, 0.05) is 67.6 Å². The summed E-state index contributed by atoms with van der Waals surface area (Å²) >= 11 is 0. The first-order valence-electron chi connectivity index (χ1n) is 20.6. The molecule has 0 bridgehead atoms. The van der Waals surface area contributed by atoms with Crippen LogP contribution in [0, 0.1) is 0 Å². The van der Waals surface area contributed by atoms with Crippen molar-refractivity contribution in [1.82, 2.24) is 0 Å². The number of hydrogen-bond donors (Lipinski definition) is 3. The van der Waals surface area contributed by atoms with Crippen molar-refractivity contribution in [3.63, 3.8) is 0 Å². The molecule has 0 aliphatic heterocycles. The van der Waals surface area contributed by atoms with E-state index in [0.29, 0.717) is 0 Å². The second kappa shape index (κ2) is 16.9. The zero-order chi connectivity index (χ0) is 40.8. The summed E-state index contributed by atoms with van der Waals surface area (Å²) in [5, 5.41) is 15.6. The van der Waals surface area contributed by atoms with E-state index in [1.165, 1.54) is 21.5 Å². The van der Waals surface area contributed by atoms with Crippen LogP contribution in [0.25, 0.3) is 21.5 Å². The van der Waals surface area contributed by atoms with E-state index in [-0.39, 0.29) is 0 Å². The van der Waals surface area contributed by atoms with Gasteiger partial charge in [0.2, 0.25) is 0 Å². The molecule has 61 heavy (non-hydrogen) atoms. The topological polar surface area (TPSA) is 42.6 Å². The minimum atomic E-state index is 1.01. The molecule has 0 fully saturated rings. The monoisotopic (exact) mass is 785 g/mol. The lowest BCUT2D eigenvalue weighted by atomic mass is 10.1. The molecule has 0 aromatic heterocycles. The smallest absolute Gasteiger partial charge is 0.0540 e. The highest BCUT2D eigenvalue weighted by molar-refractivity contribution is 6.00. The van der Waals surface area contributed by atoms with Gasteiger partial charge in [-0.1, -0.05) is 109 Å². The Labute approximate surface area is 356 Å². The molecule has 10 aromatic carbocycles. The van der Waals surface area contributed by atoms with Gasteiger partial charge in [0.05, 0.1) is 11.4 Å². The van der Waals surface area contributed by atoms with Crippen molar-refractivity contribution in [3.8, 4) is 0 Å². The molecule has 10 rings (SSSR count). The van der Waals surface area contributed by atoms with Crippen molar-refractivity contribution in [2.24, 2.45) is 0 Å². The first-order valence-corrected chi connectivity index (χ1v) is 20.6. The number of anilines is 12. The summed E-state index contributed by atoms with van der Waals surface area (Å²) in [5.41, 5.74) is 12.8. The van der Waals surface area contributed by atoms with Gasteiger partial charge in [-0.05, 0) is 144 Å². The molecule has 5 heteroatoms. The number of rotatable bonds is 12. The number of nitrogens with one attached hydrogen (secondary N) is 3. The molecule has 0 heterocycles. The van der Waals surface area contributed by atoms with Crippen molar-refractivity contribution in [2.45, 2.75) is 0 Å². The highest BCUT2D eigenvalue weighted by Crippen LogP contribution is 2.41. The van der Waals surface area contributed by atoms with Gasteiger partial charge in [-0.2, -0.15) is 0 Å². The van der Waals surface area contributed by atoms with Crippen LogP contribution in [0.5, 0.6) is 0 Å². The molecule has 292 valence electrons. The third-order valence-corrected chi connectivity index (χ3v) is 10.9. The van der Waals surface area contributed by atoms with Gasteiger partial charge in [0.1, 0.15) is 0 Å². The second-order valence-electron chi connectivity index (χ2n) is 15.0. The Morgan fingerprint density at radius 2 is 0.475 bits per heavy atom. The van der Waals surface area contributed by atoms with Crippen molar-refractivity contribution >= 4 is 89.8 Å². The molecule has 0 saturated carbocycles. The van der Waals surface area contributed by atoms with Gasteiger partial charge in [-0.15, -0.1) is 0 Å². The fourth-order valence-electron chi connectivity index (χ4n) is 7.98. The lowest BCUT2D eigenvalue weighted by molar-refractivity contribution is 1.30. The number of fused-ring (bicyclic) bond motifs is 2. The quantitative estimate of drug-likeness (QED) is 0.115. The molecule has 0 amide bonds. The third kappa shape index (κ3) is 8.09. The van der Waals surface area contributed by atoms with Gasteiger partial charge >= 0.3 is 0 Å². The van der Waals surface area contributed by atoms with Crippen molar-refractivity contribution < 1.29 is 0 Å². The zero-order valence-corrected chi connectivity index (χ0v) is 33.5. The summed E-state index contributed by atoms with van der Waals surface area (Å²) in [4.78, 5) is 4.64. The van der Waals surface area contributed by atoms with Gasteiger partial charge in [-0.3, -0.25) is 0 Å². The van der Waals surface area contributed by atoms with Gasteiger partial charge in [-0.25, -0.2) is 0 Å². The van der Waals surface area contributed by atoms with Crippen LogP contribution in [0.2, 0.25) is 0 Å². The Morgan fingerprint density at radius 3 is 0.820 bits per heavy atom. The molecular weight excluding hydrogens is 743 g/mol. The Bertz CT molecular complexity index is 2800. The fourth-order valence-corrected chi connectivity index (χ4v) is 7.98. The van der Waals surface area contributed by atoms with E-state index in [0.717, 1.165) is 68.2 Å². The lowest BCUT2D eigenvalue weighted by Crippen LogP contribution is -2.10. The SMILES string of the molecule is c1ccc(N(c2ccc(Nc3ccc(Nc4ccc(Nc5ccc(N(c6ccccc6)c6cccc7ccccc67)cc5)cc4)cc3)cc2)c2cccc3ccccc23)cc1. The van der Waals surface area contributed by atoms with Crippen LogP contribution in [-0.2, 0) is 0 Å². The van der Waals surface area contributed by atoms with Gasteiger partial charge < -0.3 is 25.8 Å². The fraction of sp³-hybridized carbons (Fsp3) is 0. The molecule has 0 aliphatic carbocycles. The van der Waals surface area contributed by atoms with Crippen molar-refractivity contribution in [1.29, 1.82) is 0 Å². The maximum absolute atomic E-state index is 3.58. The van der Waals surface area contributed by atoms with Crippen LogP contribution in [0.4, 0.5) is 68.2 Å². The minimum absolute atomic E-state index is 1.01. The Morgan fingerprint density at radius 1 is 0.213 bits per heavy atom. The Balaban J connectivity index is 0.790. The van der Waals surface area contributed by atoms with Crippen LogP contribution >= 0.6 is 0 Å². The molecule has 0 saturated heterocycles. The first kappa shape index (κ1) is 37.0. The summed E-state index contributed by atoms with van der Waals surface area (Å²) in [7, 11) is 0. The molecule has 0 spiro atoms. The lowest BCUT2D eigenvalue weighted by Gasteiger charge is -2.27. The first-order chi connectivity index (χ1) is 30.2. The van der Waals surface area contributed by atoms with E-state index in [4.69, 9.17) is 0 Å². The summed E-state index contributed by atoms with van der Waals surface area (Å²) < 4.78 is 0. The Hall–Kier alpha value is -8.28. The second-order valence-corrected chi connectivity index (χ2v) is 15.0. The molecule has 0 atom stereocenters. The number of benzene rings is 10. The minimum Gasteiger partial charge on any atom is -0.356 e. The molecule has 0 unspecified atom stereocenters. The average molecular weight is 786 g/mol. The molecule has 0 aliphatic rings. The number of para-hydroxylation sites is 2. The van der Waals surface area contributed by atoms with E-state index in [2.05, 4.69) is 268 Å². The van der Waals surface area contributed by atoms with Crippen molar-refractivity contribution in [3.05, 3.63) is 243 Å². The standard InChI is InChI=1S/C56H43N5/c1-3-17-49(18-4-1)60(55-23-11-15-41-13-7-9-21-53(41)55)51-37-33-47(34-38-51)58-45-29-25-43(26-30-45)57-44-27-31-46(32-28-44)59-48-35-39-52(40-36-48)61(50-19-5-2-6-20-50)56-24-12-16-42-14-8-10-22-54(42)56/h1-40,57-59H. The number of nitrogens with zero attached hydrogens (tertiary/aromatic N) is 2. The normalized spacial score (nSPS) is 11.0. The summed E-state index contributed by atoms with van der Waals surface area (Å²) in [6.45, 7) is 0. The predicted octanol–water partition coefficient (Wildman–Crippen LogP) is 16.2. The van der Waals surface area contributed by atoms with Crippen LogP contribution in [0.1, 0.15) is 0 Å². The van der Waals surface area contributed by atoms with Crippen LogP contribution in [0.15, 0.2) is 243 Å². The van der Waals surface area contributed by atoms with Crippen molar-refractivity contribution in [2.75, 3.05) is 25.8 Å². The zero-order valence-electron chi connectivity index (χ0n) is 33.5. The van der Waals surface area contributed by atoms with E-state index in [1.54, 1.807) is 0 Å². The predicted molar refractivity (Wildman–Crippen MR) is 260 cm³/mol. The molecule has 0 radical (unpaired) electrons. The van der Waals surface area contributed by atoms with E-state index in [9.17, 15) is 0 Å². The van der Waals surface area contributed by atoms with E-state index in [1.807, 2.05) is 0 Å². The van der Waals surface area contributed by atoms with Crippen LogP contribution in [-0.4, -0.2) is 0 Å². The highest BCUT2D eigenvalue weighted by Gasteiger charge is 2.16. The maximum atomic E-state index is 3.58. The summed E-state index contributed by atoms with van der Waals surface area (Å²) in [6.07, 6.45) is 0. The Kier molecular flexibility index (Phi) is 10.3. The number of hydrogen-bond acceptors (Lipinski definition) is 5. The van der Waals surface area contributed by atoms with Crippen LogP contribution in [0.3, 0.4) is 0 Å². The molecule has 10 aromatic rings. The van der Waals surface area contributed by atoms with Crippen LogP contribution < -0.4 is 25.8 Å². The molecule has 3 N–H and O–H groups in total. The maximum Gasteiger partial charge on any atom is 0.0540 e. The van der Waals surface area contributed by atoms with E-state index < -0.39 is 0 Å². The summed E-state index contributed by atoms with van der Waals surface area (Å²) in [5.74, 6) is 0. The molecule has 5 nitrogen and oxygen atoms in total.